The number of ether oxygens (including phenoxy) is 1. The summed E-state index contributed by atoms with van der Waals surface area (Å²) in [5.74, 6) is -0.607. The molecule has 0 radical (unpaired) electrons. The third kappa shape index (κ3) is 4.86. The van der Waals surface area contributed by atoms with Crippen molar-refractivity contribution in [1.82, 2.24) is 4.90 Å². The third-order valence-electron chi connectivity index (χ3n) is 4.71. The highest BCUT2D eigenvalue weighted by molar-refractivity contribution is 6.31. The van der Waals surface area contributed by atoms with Gasteiger partial charge in [-0.05, 0) is 41.0 Å². The van der Waals surface area contributed by atoms with Gasteiger partial charge in [0.1, 0.15) is 19.1 Å². The molecule has 0 atom stereocenters. The Morgan fingerprint density at radius 2 is 1.83 bits per heavy atom. The van der Waals surface area contributed by atoms with Crippen LogP contribution in [0, 0.1) is 11.6 Å². The van der Waals surface area contributed by atoms with Crippen molar-refractivity contribution in [2.24, 2.45) is 4.99 Å². The lowest BCUT2D eigenvalue weighted by atomic mass is 10.1. The monoisotopic (exact) mass is 424 g/mol. The summed E-state index contributed by atoms with van der Waals surface area (Å²) in [6.07, 6.45) is 3.61. The van der Waals surface area contributed by atoms with Crippen LogP contribution in [0.4, 0.5) is 8.78 Å². The van der Waals surface area contributed by atoms with Crippen molar-refractivity contribution in [1.29, 1.82) is 0 Å². The predicted octanol–water partition coefficient (Wildman–Crippen LogP) is 6.08. The van der Waals surface area contributed by atoms with Crippen LogP contribution in [0.15, 0.2) is 77.9 Å². The lowest BCUT2D eigenvalue weighted by Gasteiger charge is -2.23. The van der Waals surface area contributed by atoms with E-state index in [1.807, 2.05) is 41.4 Å². The quantitative estimate of drug-likeness (QED) is 0.479. The molecule has 0 aliphatic carbocycles. The van der Waals surface area contributed by atoms with E-state index in [-0.39, 0.29) is 11.6 Å². The van der Waals surface area contributed by atoms with Gasteiger partial charge in [-0.1, -0.05) is 54.1 Å². The second-order valence-corrected chi connectivity index (χ2v) is 7.35. The molecule has 1 heterocycles. The molecule has 4 rings (SSSR count). The van der Waals surface area contributed by atoms with Crippen molar-refractivity contribution in [2.45, 2.75) is 13.2 Å². The second kappa shape index (κ2) is 9.09. The molecule has 0 unspecified atom stereocenters. The van der Waals surface area contributed by atoms with E-state index < -0.39 is 5.82 Å². The highest BCUT2D eigenvalue weighted by Gasteiger charge is 2.13. The fourth-order valence-electron chi connectivity index (χ4n) is 3.16. The molecule has 152 valence electrons. The number of halogens is 3. The van der Waals surface area contributed by atoms with Crippen molar-refractivity contribution in [3.63, 3.8) is 0 Å². The van der Waals surface area contributed by atoms with Gasteiger partial charge in [-0.25, -0.2) is 8.78 Å². The van der Waals surface area contributed by atoms with Gasteiger partial charge in [-0.2, -0.15) is 0 Å². The first-order chi connectivity index (χ1) is 14.6. The molecule has 30 heavy (non-hydrogen) atoms. The van der Waals surface area contributed by atoms with Crippen LogP contribution in [0.3, 0.4) is 0 Å². The molecule has 3 nitrogen and oxygen atoms in total. The van der Waals surface area contributed by atoms with E-state index in [0.29, 0.717) is 30.4 Å². The first-order valence-corrected chi connectivity index (χ1v) is 9.82. The van der Waals surface area contributed by atoms with Gasteiger partial charge in [-0.15, -0.1) is 0 Å². The minimum atomic E-state index is -0.434. The van der Waals surface area contributed by atoms with Crippen LogP contribution in [0.2, 0.25) is 5.02 Å². The number of nitrogens with zero attached hydrogens (tertiary/aromatic N) is 2. The maximum Gasteiger partial charge on any atom is 0.165 e. The minimum Gasteiger partial charge on any atom is -0.486 e. The largest absolute Gasteiger partial charge is 0.486 e. The molecule has 1 aliphatic heterocycles. The van der Waals surface area contributed by atoms with Crippen LogP contribution in [-0.4, -0.2) is 17.8 Å². The SMILES string of the molecule is Fc1ccc(CN2C=C(c3ccc(OCc4ccccc4)c(F)c3)C=NC2)c(Cl)c1. The Morgan fingerprint density at radius 1 is 1.00 bits per heavy atom. The molecular formula is C24H19ClF2N2O. The van der Waals surface area contributed by atoms with Crippen molar-refractivity contribution in [3.05, 3.63) is 106 Å². The van der Waals surface area contributed by atoms with E-state index in [4.69, 9.17) is 16.3 Å². The zero-order chi connectivity index (χ0) is 20.9. The first kappa shape index (κ1) is 20.1. The number of rotatable bonds is 6. The van der Waals surface area contributed by atoms with Gasteiger partial charge in [0.15, 0.2) is 11.6 Å². The van der Waals surface area contributed by atoms with Crippen LogP contribution in [0.1, 0.15) is 16.7 Å². The Kier molecular flexibility index (Phi) is 6.10. The molecule has 0 fully saturated rings. The average Bonchev–Trinajstić information content (AvgIpc) is 2.76. The van der Waals surface area contributed by atoms with Gasteiger partial charge in [0.25, 0.3) is 0 Å². The number of hydrogen-bond donors (Lipinski definition) is 0. The number of benzene rings is 3. The molecule has 0 aromatic heterocycles. The number of aliphatic imine (C=N–C) groups is 1. The Labute approximate surface area is 178 Å². The third-order valence-corrected chi connectivity index (χ3v) is 5.06. The van der Waals surface area contributed by atoms with Crippen LogP contribution in [0.25, 0.3) is 5.57 Å². The Morgan fingerprint density at radius 3 is 2.60 bits per heavy atom. The summed E-state index contributed by atoms with van der Waals surface area (Å²) < 4.78 is 33.4. The fourth-order valence-corrected chi connectivity index (χ4v) is 3.39. The van der Waals surface area contributed by atoms with Crippen LogP contribution >= 0.6 is 11.6 Å². The van der Waals surface area contributed by atoms with Crippen LogP contribution in [-0.2, 0) is 13.2 Å². The van der Waals surface area contributed by atoms with Gasteiger partial charge < -0.3 is 9.64 Å². The molecule has 3 aromatic carbocycles. The van der Waals surface area contributed by atoms with Gasteiger partial charge in [0.05, 0.1) is 0 Å². The highest BCUT2D eigenvalue weighted by Crippen LogP contribution is 2.26. The van der Waals surface area contributed by atoms with E-state index in [9.17, 15) is 8.78 Å². The van der Waals surface area contributed by atoms with E-state index in [1.165, 1.54) is 18.2 Å². The van der Waals surface area contributed by atoms with Crippen molar-refractivity contribution in [2.75, 3.05) is 6.67 Å². The first-order valence-electron chi connectivity index (χ1n) is 9.45. The molecule has 0 bridgehead atoms. The summed E-state index contributed by atoms with van der Waals surface area (Å²) in [6, 6.07) is 18.8. The van der Waals surface area contributed by atoms with Crippen molar-refractivity contribution >= 4 is 23.4 Å². The second-order valence-electron chi connectivity index (χ2n) is 6.94. The lowest BCUT2D eigenvalue weighted by molar-refractivity contribution is 0.290. The van der Waals surface area contributed by atoms with Gasteiger partial charge in [0, 0.05) is 29.6 Å². The molecular weight excluding hydrogens is 406 g/mol. The lowest BCUT2D eigenvalue weighted by Crippen LogP contribution is -2.21. The van der Waals surface area contributed by atoms with E-state index in [0.717, 1.165) is 16.7 Å². The Balaban J connectivity index is 1.47. The number of allylic oxidation sites excluding steroid dienone is 1. The molecule has 0 saturated heterocycles. The van der Waals surface area contributed by atoms with Gasteiger partial charge >= 0.3 is 0 Å². The minimum absolute atomic E-state index is 0.200. The van der Waals surface area contributed by atoms with Crippen molar-refractivity contribution in [3.8, 4) is 5.75 Å². The van der Waals surface area contributed by atoms with Crippen molar-refractivity contribution < 1.29 is 13.5 Å². The zero-order valence-electron chi connectivity index (χ0n) is 16.1. The predicted molar refractivity (Wildman–Crippen MR) is 115 cm³/mol. The topological polar surface area (TPSA) is 24.8 Å². The van der Waals surface area contributed by atoms with Crippen LogP contribution < -0.4 is 4.74 Å². The highest BCUT2D eigenvalue weighted by atomic mass is 35.5. The maximum absolute atomic E-state index is 14.6. The fraction of sp³-hybridized carbons (Fsp3) is 0.125. The molecule has 6 heteroatoms. The molecule has 0 spiro atoms. The molecule has 1 aliphatic rings. The summed E-state index contributed by atoms with van der Waals surface area (Å²) in [6.45, 7) is 1.21. The molecule has 3 aromatic rings. The van der Waals surface area contributed by atoms with E-state index >= 15 is 0 Å². The summed E-state index contributed by atoms with van der Waals surface area (Å²) in [5.41, 5.74) is 3.23. The summed E-state index contributed by atoms with van der Waals surface area (Å²) in [4.78, 5) is 6.29. The average molecular weight is 425 g/mol. The van der Waals surface area contributed by atoms with Gasteiger partial charge in [-0.3, -0.25) is 4.99 Å². The standard InChI is InChI=1S/C24H19ClF2N2O/c25-22-11-21(26)8-6-19(22)13-29-14-20(12-28-16-29)18-7-9-24(23(27)10-18)30-15-17-4-2-1-3-5-17/h1-12,14H,13,15-16H2. The van der Waals surface area contributed by atoms with Crippen LogP contribution in [0.5, 0.6) is 5.75 Å². The normalized spacial score (nSPS) is 13.3. The Bertz CT molecular complexity index is 1100. The maximum atomic E-state index is 14.6. The molecule has 0 N–H and O–H groups in total. The smallest absolute Gasteiger partial charge is 0.165 e. The Hall–Kier alpha value is -3.18. The molecule has 0 amide bonds. The summed E-state index contributed by atoms with van der Waals surface area (Å²) in [5, 5.41) is 0.366. The summed E-state index contributed by atoms with van der Waals surface area (Å²) >= 11 is 6.13. The van der Waals surface area contributed by atoms with E-state index in [2.05, 4.69) is 4.99 Å². The summed E-state index contributed by atoms with van der Waals surface area (Å²) in [7, 11) is 0. The number of hydrogen-bond acceptors (Lipinski definition) is 3. The zero-order valence-corrected chi connectivity index (χ0v) is 16.8. The van der Waals surface area contributed by atoms with Gasteiger partial charge in [0.2, 0.25) is 0 Å². The molecule has 0 saturated carbocycles. The van der Waals surface area contributed by atoms with E-state index in [1.54, 1.807) is 24.4 Å².